The lowest BCUT2D eigenvalue weighted by molar-refractivity contribution is 0.342. The van der Waals surface area contributed by atoms with Gasteiger partial charge in [-0.3, -0.25) is 0 Å². The maximum absolute atomic E-state index is 12.8. The van der Waals surface area contributed by atoms with E-state index in [0.29, 0.717) is 25.2 Å². The molecular formula is C19H21N3O2S. The molecule has 25 heavy (non-hydrogen) atoms. The lowest BCUT2D eigenvalue weighted by atomic mass is 10.1. The summed E-state index contributed by atoms with van der Waals surface area (Å²) in [7, 11) is -3.54. The zero-order valence-corrected chi connectivity index (χ0v) is 15.2. The largest absolute Gasteiger partial charge is 0.366 e. The number of sulfonamides is 1. The second kappa shape index (κ2) is 6.87. The molecule has 0 saturated carbocycles. The van der Waals surface area contributed by atoms with Crippen molar-refractivity contribution in [3.05, 3.63) is 59.7 Å². The van der Waals surface area contributed by atoms with E-state index in [-0.39, 0.29) is 10.9 Å². The van der Waals surface area contributed by atoms with Crippen molar-refractivity contribution in [2.45, 2.75) is 24.8 Å². The molecule has 1 fully saturated rings. The molecule has 2 aromatic rings. The summed E-state index contributed by atoms with van der Waals surface area (Å²) in [5.74, 6) is 0. The minimum atomic E-state index is -3.54. The summed E-state index contributed by atoms with van der Waals surface area (Å²) in [6, 6.07) is 16.5. The molecule has 1 aliphatic heterocycles. The highest BCUT2D eigenvalue weighted by atomic mass is 32.2. The van der Waals surface area contributed by atoms with Gasteiger partial charge in [0.15, 0.2) is 0 Å². The van der Waals surface area contributed by atoms with E-state index in [1.807, 2.05) is 13.0 Å². The van der Waals surface area contributed by atoms with Crippen molar-refractivity contribution < 1.29 is 8.42 Å². The van der Waals surface area contributed by atoms with Gasteiger partial charge in [0.05, 0.1) is 16.5 Å². The number of hydrogen-bond acceptors (Lipinski definition) is 4. The quantitative estimate of drug-likeness (QED) is 0.849. The Bertz CT molecular complexity index is 884. The van der Waals surface area contributed by atoms with Crippen molar-refractivity contribution in [1.82, 2.24) is 4.31 Å². The van der Waals surface area contributed by atoms with Gasteiger partial charge in [-0.05, 0) is 50.2 Å². The van der Waals surface area contributed by atoms with E-state index in [1.54, 1.807) is 12.1 Å². The van der Waals surface area contributed by atoms with Crippen LogP contribution < -0.4 is 4.90 Å². The van der Waals surface area contributed by atoms with Gasteiger partial charge in [-0.25, -0.2) is 8.42 Å². The molecule has 1 heterocycles. The number of nitrogens with zero attached hydrogens (tertiary/aromatic N) is 3. The number of aryl methyl sites for hydroxylation is 1. The van der Waals surface area contributed by atoms with Crippen LogP contribution in [0.4, 0.5) is 5.69 Å². The maximum Gasteiger partial charge on any atom is 0.243 e. The van der Waals surface area contributed by atoms with Crippen LogP contribution in [0.1, 0.15) is 18.1 Å². The summed E-state index contributed by atoms with van der Waals surface area (Å²) >= 11 is 0. The Hall–Kier alpha value is -2.36. The van der Waals surface area contributed by atoms with Gasteiger partial charge < -0.3 is 4.90 Å². The molecule has 0 bridgehead atoms. The third-order valence-electron chi connectivity index (χ3n) is 4.58. The fourth-order valence-electron chi connectivity index (χ4n) is 3.11. The van der Waals surface area contributed by atoms with E-state index in [9.17, 15) is 8.42 Å². The highest BCUT2D eigenvalue weighted by molar-refractivity contribution is 7.89. The Labute approximate surface area is 149 Å². The Morgan fingerprint density at radius 3 is 2.24 bits per heavy atom. The first-order valence-corrected chi connectivity index (χ1v) is 9.69. The average molecular weight is 355 g/mol. The monoisotopic (exact) mass is 355 g/mol. The Kier molecular flexibility index (Phi) is 4.80. The molecule has 0 aromatic heterocycles. The van der Waals surface area contributed by atoms with Gasteiger partial charge in [-0.15, -0.1) is 0 Å². The standard InChI is InChI=1S/C19H21N3O2S/c1-15-3-7-18(8-4-15)22-12-11-21(14-16(22)2)25(23,24)19-9-5-17(13-20)6-10-19/h3-10,16H,11-12,14H2,1-2H3. The molecular weight excluding hydrogens is 334 g/mol. The van der Waals surface area contributed by atoms with E-state index in [2.05, 4.69) is 36.1 Å². The predicted molar refractivity (Wildman–Crippen MR) is 97.9 cm³/mol. The molecule has 2 aromatic carbocycles. The molecule has 1 saturated heterocycles. The van der Waals surface area contributed by atoms with Crippen LogP contribution >= 0.6 is 0 Å². The highest BCUT2D eigenvalue weighted by Gasteiger charge is 2.32. The molecule has 5 nitrogen and oxygen atoms in total. The van der Waals surface area contributed by atoms with Crippen molar-refractivity contribution in [3.63, 3.8) is 0 Å². The van der Waals surface area contributed by atoms with E-state index >= 15 is 0 Å². The third-order valence-corrected chi connectivity index (χ3v) is 6.46. The maximum atomic E-state index is 12.8. The Morgan fingerprint density at radius 1 is 1.04 bits per heavy atom. The zero-order valence-electron chi connectivity index (χ0n) is 14.4. The number of anilines is 1. The van der Waals surface area contributed by atoms with Crippen LogP contribution in [-0.4, -0.2) is 38.4 Å². The van der Waals surface area contributed by atoms with Crippen LogP contribution in [0, 0.1) is 18.3 Å². The fourth-order valence-corrected chi connectivity index (χ4v) is 4.63. The van der Waals surface area contributed by atoms with Crippen molar-refractivity contribution in [1.29, 1.82) is 5.26 Å². The smallest absolute Gasteiger partial charge is 0.243 e. The van der Waals surface area contributed by atoms with Crippen LogP contribution in [0.25, 0.3) is 0 Å². The molecule has 130 valence electrons. The van der Waals surface area contributed by atoms with Gasteiger partial charge >= 0.3 is 0 Å². The molecule has 0 spiro atoms. The van der Waals surface area contributed by atoms with Gasteiger partial charge in [-0.1, -0.05) is 17.7 Å². The number of hydrogen-bond donors (Lipinski definition) is 0. The predicted octanol–water partition coefficient (Wildman–Crippen LogP) is 2.77. The van der Waals surface area contributed by atoms with Crippen LogP contribution in [0.3, 0.4) is 0 Å². The first-order valence-electron chi connectivity index (χ1n) is 8.25. The van der Waals surface area contributed by atoms with E-state index in [0.717, 1.165) is 5.69 Å². The minimum Gasteiger partial charge on any atom is -0.366 e. The van der Waals surface area contributed by atoms with Crippen LogP contribution in [0.15, 0.2) is 53.4 Å². The average Bonchev–Trinajstić information content (AvgIpc) is 2.62. The lowest BCUT2D eigenvalue weighted by Crippen LogP contribution is -2.53. The number of rotatable bonds is 3. The van der Waals surface area contributed by atoms with Crippen molar-refractivity contribution in [3.8, 4) is 6.07 Å². The summed E-state index contributed by atoms with van der Waals surface area (Å²) in [5, 5.41) is 8.85. The molecule has 0 aliphatic carbocycles. The lowest BCUT2D eigenvalue weighted by Gasteiger charge is -2.40. The molecule has 0 N–H and O–H groups in total. The van der Waals surface area contributed by atoms with Gasteiger partial charge in [0.2, 0.25) is 10.0 Å². The normalized spacial score (nSPS) is 18.8. The van der Waals surface area contributed by atoms with Crippen molar-refractivity contribution >= 4 is 15.7 Å². The second-order valence-electron chi connectivity index (χ2n) is 6.38. The molecule has 0 amide bonds. The van der Waals surface area contributed by atoms with Crippen LogP contribution in [0.2, 0.25) is 0 Å². The summed E-state index contributed by atoms with van der Waals surface area (Å²) in [5.41, 5.74) is 2.78. The molecule has 6 heteroatoms. The zero-order chi connectivity index (χ0) is 18.0. The van der Waals surface area contributed by atoms with E-state index < -0.39 is 10.0 Å². The molecule has 1 unspecified atom stereocenters. The van der Waals surface area contributed by atoms with Crippen molar-refractivity contribution in [2.24, 2.45) is 0 Å². The summed E-state index contributed by atoms with van der Waals surface area (Å²) in [6.07, 6.45) is 0. The Balaban J connectivity index is 1.77. The van der Waals surface area contributed by atoms with Crippen LogP contribution in [-0.2, 0) is 10.0 Å². The SMILES string of the molecule is Cc1ccc(N2CCN(S(=O)(=O)c3ccc(C#N)cc3)CC2C)cc1. The van der Waals surface area contributed by atoms with Gasteiger partial charge in [0, 0.05) is 31.4 Å². The number of benzene rings is 2. The summed E-state index contributed by atoms with van der Waals surface area (Å²) in [6.45, 7) is 5.63. The first kappa shape index (κ1) is 17.5. The molecule has 1 atom stereocenters. The second-order valence-corrected chi connectivity index (χ2v) is 8.32. The molecule has 3 rings (SSSR count). The molecule has 0 radical (unpaired) electrons. The van der Waals surface area contributed by atoms with Gasteiger partial charge in [-0.2, -0.15) is 9.57 Å². The first-order chi connectivity index (χ1) is 11.9. The van der Waals surface area contributed by atoms with Gasteiger partial charge in [0.25, 0.3) is 0 Å². The van der Waals surface area contributed by atoms with Crippen LogP contribution in [0.5, 0.6) is 0 Å². The number of piperazine rings is 1. The highest BCUT2D eigenvalue weighted by Crippen LogP contribution is 2.25. The van der Waals surface area contributed by atoms with E-state index in [1.165, 1.54) is 22.0 Å². The summed E-state index contributed by atoms with van der Waals surface area (Å²) in [4.78, 5) is 2.48. The topological polar surface area (TPSA) is 64.4 Å². The third kappa shape index (κ3) is 3.53. The van der Waals surface area contributed by atoms with E-state index in [4.69, 9.17) is 5.26 Å². The number of nitriles is 1. The fraction of sp³-hybridized carbons (Fsp3) is 0.316. The molecule has 1 aliphatic rings. The van der Waals surface area contributed by atoms with Crippen molar-refractivity contribution in [2.75, 3.05) is 24.5 Å². The van der Waals surface area contributed by atoms with Gasteiger partial charge in [0.1, 0.15) is 0 Å². The minimum absolute atomic E-state index is 0.0876. The summed E-state index contributed by atoms with van der Waals surface area (Å²) < 4.78 is 27.2. The Morgan fingerprint density at radius 2 is 1.68 bits per heavy atom.